The molecule has 1 heterocycles. The Bertz CT molecular complexity index is 1270. The van der Waals surface area contributed by atoms with E-state index in [9.17, 15) is 14.5 Å². The van der Waals surface area contributed by atoms with Crippen LogP contribution in [-0.2, 0) is 0 Å². The standard InChI is InChI=1S/C37H48FN3O2/c1-3-5-7-9-11-13-27-40(28-14-12-10-8-6-4-2)35-24-19-31(20-25-35)15-16-33-18-23-34(39-30-33)22-17-32-21-26-37(41(42)43)36(38)29-32/h15-26,29-30H,3-14,27-28H2,1-2H3/b16-15+,22-17+. The third-order valence-electron chi connectivity index (χ3n) is 7.71. The number of rotatable bonds is 20. The van der Waals surface area contributed by atoms with Crippen LogP contribution >= 0.6 is 0 Å². The van der Waals surface area contributed by atoms with Gasteiger partial charge in [0.1, 0.15) is 0 Å². The van der Waals surface area contributed by atoms with Gasteiger partial charge in [-0.25, -0.2) is 0 Å². The van der Waals surface area contributed by atoms with Gasteiger partial charge in [-0.3, -0.25) is 15.1 Å². The topological polar surface area (TPSA) is 59.3 Å². The van der Waals surface area contributed by atoms with Gasteiger partial charge in [0.15, 0.2) is 0 Å². The second-order valence-electron chi connectivity index (χ2n) is 11.3. The van der Waals surface area contributed by atoms with E-state index in [-0.39, 0.29) is 0 Å². The first-order valence-corrected chi connectivity index (χ1v) is 16.1. The van der Waals surface area contributed by atoms with E-state index in [0.717, 1.165) is 36.0 Å². The third kappa shape index (κ3) is 12.5. The Morgan fingerprint density at radius 1 is 0.698 bits per heavy atom. The van der Waals surface area contributed by atoms with Gasteiger partial charge in [0.2, 0.25) is 5.82 Å². The Kier molecular flexibility index (Phi) is 15.2. The molecule has 0 atom stereocenters. The number of unbranched alkanes of at least 4 members (excludes halogenated alkanes) is 10. The lowest BCUT2D eigenvalue weighted by Gasteiger charge is -2.25. The first-order valence-electron chi connectivity index (χ1n) is 16.1. The summed E-state index contributed by atoms with van der Waals surface area (Å²) >= 11 is 0. The van der Waals surface area contributed by atoms with Gasteiger partial charge in [0.05, 0.1) is 10.6 Å². The molecule has 0 radical (unpaired) electrons. The van der Waals surface area contributed by atoms with Crippen LogP contribution in [0.3, 0.4) is 0 Å². The van der Waals surface area contributed by atoms with Crippen LogP contribution in [-0.4, -0.2) is 23.0 Å². The average molecular weight is 586 g/mol. The molecule has 0 bridgehead atoms. The Morgan fingerprint density at radius 2 is 1.23 bits per heavy atom. The van der Waals surface area contributed by atoms with Crippen molar-refractivity contribution in [2.45, 2.75) is 90.9 Å². The monoisotopic (exact) mass is 585 g/mol. The van der Waals surface area contributed by atoms with Crippen LogP contribution in [0.2, 0.25) is 0 Å². The summed E-state index contributed by atoms with van der Waals surface area (Å²) < 4.78 is 13.9. The van der Waals surface area contributed by atoms with Crippen molar-refractivity contribution in [1.29, 1.82) is 0 Å². The molecule has 230 valence electrons. The number of nitro benzene ring substituents is 1. The zero-order chi connectivity index (χ0) is 30.7. The summed E-state index contributed by atoms with van der Waals surface area (Å²) in [5.41, 5.74) is 4.16. The summed E-state index contributed by atoms with van der Waals surface area (Å²) in [5.74, 6) is -0.850. The average Bonchev–Trinajstić information content (AvgIpc) is 3.02. The molecule has 0 unspecified atom stereocenters. The Hall–Kier alpha value is -3.80. The minimum Gasteiger partial charge on any atom is -0.372 e. The zero-order valence-electron chi connectivity index (χ0n) is 26.0. The highest BCUT2D eigenvalue weighted by Crippen LogP contribution is 2.21. The molecule has 0 saturated carbocycles. The van der Waals surface area contributed by atoms with E-state index in [2.05, 4.69) is 54.1 Å². The molecule has 0 saturated heterocycles. The number of benzene rings is 2. The van der Waals surface area contributed by atoms with Crippen LogP contribution in [0.4, 0.5) is 15.8 Å². The third-order valence-corrected chi connectivity index (χ3v) is 7.71. The van der Waals surface area contributed by atoms with Gasteiger partial charge < -0.3 is 4.90 Å². The Morgan fingerprint density at radius 3 is 1.79 bits per heavy atom. The number of aromatic nitrogens is 1. The van der Waals surface area contributed by atoms with Crippen molar-refractivity contribution < 1.29 is 9.31 Å². The van der Waals surface area contributed by atoms with Crippen LogP contribution < -0.4 is 4.90 Å². The summed E-state index contributed by atoms with van der Waals surface area (Å²) in [6.45, 7) is 6.79. The number of pyridine rings is 1. The van der Waals surface area contributed by atoms with E-state index in [4.69, 9.17) is 0 Å². The van der Waals surface area contributed by atoms with E-state index in [1.165, 1.54) is 94.9 Å². The molecule has 0 aliphatic carbocycles. The molecular weight excluding hydrogens is 537 g/mol. The number of halogens is 1. The number of nitro groups is 1. The van der Waals surface area contributed by atoms with Crippen molar-refractivity contribution >= 4 is 35.7 Å². The lowest BCUT2D eigenvalue weighted by molar-refractivity contribution is -0.387. The fourth-order valence-electron chi connectivity index (χ4n) is 5.10. The molecule has 0 aliphatic heterocycles. The second-order valence-corrected chi connectivity index (χ2v) is 11.3. The number of nitrogens with zero attached hydrogens (tertiary/aromatic N) is 3. The first-order chi connectivity index (χ1) is 21.0. The Balaban J connectivity index is 1.55. The van der Waals surface area contributed by atoms with E-state index in [1.54, 1.807) is 18.3 Å². The van der Waals surface area contributed by atoms with E-state index < -0.39 is 16.4 Å². The maximum atomic E-state index is 13.9. The molecule has 5 nitrogen and oxygen atoms in total. The predicted octanol–water partition coefficient (Wildman–Crippen LogP) is 11.0. The van der Waals surface area contributed by atoms with Crippen molar-refractivity contribution in [3.05, 3.63) is 99.1 Å². The minimum atomic E-state index is -0.850. The van der Waals surface area contributed by atoms with Crippen LogP contribution in [0.1, 0.15) is 113 Å². The van der Waals surface area contributed by atoms with Gasteiger partial charge in [0.25, 0.3) is 0 Å². The van der Waals surface area contributed by atoms with Crippen molar-refractivity contribution in [1.82, 2.24) is 4.98 Å². The van der Waals surface area contributed by atoms with Crippen molar-refractivity contribution in [2.24, 2.45) is 0 Å². The highest BCUT2D eigenvalue weighted by atomic mass is 19.1. The molecule has 0 amide bonds. The zero-order valence-corrected chi connectivity index (χ0v) is 26.0. The van der Waals surface area contributed by atoms with E-state index in [1.807, 2.05) is 18.2 Å². The molecular formula is C37H48FN3O2. The molecule has 0 aliphatic rings. The van der Waals surface area contributed by atoms with Gasteiger partial charge in [-0.15, -0.1) is 0 Å². The number of hydrogen-bond acceptors (Lipinski definition) is 4. The molecule has 0 spiro atoms. The largest absolute Gasteiger partial charge is 0.372 e. The van der Waals surface area contributed by atoms with Gasteiger partial charge in [0, 0.05) is 31.0 Å². The summed E-state index contributed by atoms with van der Waals surface area (Å²) in [4.78, 5) is 17.1. The van der Waals surface area contributed by atoms with Crippen LogP contribution in [0, 0.1) is 15.9 Å². The molecule has 1 aromatic heterocycles. The normalized spacial score (nSPS) is 11.5. The van der Waals surface area contributed by atoms with Gasteiger partial charge in [-0.2, -0.15) is 4.39 Å². The van der Waals surface area contributed by atoms with Crippen molar-refractivity contribution in [3.8, 4) is 0 Å². The molecule has 0 fully saturated rings. The van der Waals surface area contributed by atoms with Crippen LogP contribution in [0.15, 0.2) is 60.8 Å². The molecule has 43 heavy (non-hydrogen) atoms. The molecule has 2 aromatic carbocycles. The van der Waals surface area contributed by atoms with Crippen LogP contribution in [0.25, 0.3) is 24.3 Å². The summed E-state index contributed by atoms with van der Waals surface area (Å²) in [7, 11) is 0. The SMILES string of the molecule is CCCCCCCCN(CCCCCCCC)c1ccc(/C=C/c2ccc(/C=C/c3ccc([N+](=O)[O-])c(F)c3)nc2)cc1. The van der Waals surface area contributed by atoms with Gasteiger partial charge >= 0.3 is 5.69 Å². The summed E-state index contributed by atoms with van der Waals surface area (Å²) in [5, 5.41) is 10.8. The fraction of sp³-hybridized carbons (Fsp3) is 0.432. The smallest absolute Gasteiger partial charge is 0.304 e. The summed E-state index contributed by atoms with van der Waals surface area (Å²) in [6, 6.07) is 16.6. The highest BCUT2D eigenvalue weighted by Gasteiger charge is 2.12. The van der Waals surface area contributed by atoms with E-state index in [0.29, 0.717) is 5.56 Å². The highest BCUT2D eigenvalue weighted by molar-refractivity contribution is 5.72. The van der Waals surface area contributed by atoms with Crippen molar-refractivity contribution in [3.63, 3.8) is 0 Å². The van der Waals surface area contributed by atoms with Gasteiger partial charge in [-0.1, -0.05) is 114 Å². The molecule has 6 heteroatoms. The van der Waals surface area contributed by atoms with Crippen molar-refractivity contribution in [2.75, 3.05) is 18.0 Å². The maximum Gasteiger partial charge on any atom is 0.304 e. The van der Waals surface area contributed by atoms with E-state index >= 15 is 0 Å². The fourth-order valence-corrected chi connectivity index (χ4v) is 5.10. The molecule has 0 N–H and O–H groups in total. The predicted molar refractivity (Wildman–Crippen MR) is 181 cm³/mol. The number of hydrogen-bond donors (Lipinski definition) is 0. The quantitative estimate of drug-likeness (QED) is 0.0752. The molecule has 3 rings (SSSR count). The lowest BCUT2D eigenvalue weighted by atomic mass is 10.1. The lowest BCUT2D eigenvalue weighted by Crippen LogP contribution is -2.25. The minimum absolute atomic E-state index is 0.528. The first kappa shape index (κ1) is 33.7. The Labute approximate surface area is 257 Å². The second kappa shape index (κ2) is 19.4. The maximum absolute atomic E-state index is 13.9. The number of anilines is 1. The summed E-state index contributed by atoms with van der Waals surface area (Å²) in [6.07, 6.45) is 25.2. The molecule has 3 aromatic rings. The van der Waals surface area contributed by atoms with Crippen LogP contribution in [0.5, 0.6) is 0 Å². The van der Waals surface area contributed by atoms with Gasteiger partial charge in [-0.05, 0) is 65.9 Å².